The fraction of sp³-hybridized carbons (Fsp3) is 0.526. The lowest BCUT2D eigenvalue weighted by Gasteiger charge is -2.48. The molecule has 1 aliphatic rings. The second-order valence-corrected chi connectivity index (χ2v) is 6.80. The number of aliphatic hydroxyl groups is 1. The predicted octanol–water partition coefficient (Wildman–Crippen LogP) is 4.12. The van der Waals surface area contributed by atoms with Crippen LogP contribution in [0.4, 0.5) is 0 Å². The van der Waals surface area contributed by atoms with Crippen LogP contribution in [-0.2, 0) is 4.74 Å². The molecule has 0 heterocycles. The summed E-state index contributed by atoms with van der Waals surface area (Å²) in [5.74, 6) is -0.372. The fourth-order valence-corrected chi connectivity index (χ4v) is 3.39. The third-order valence-electron chi connectivity index (χ3n) is 4.79. The van der Waals surface area contributed by atoms with Gasteiger partial charge in [0.25, 0.3) is 0 Å². The molecule has 0 radical (unpaired) electrons. The van der Waals surface area contributed by atoms with Gasteiger partial charge in [-0.3, -0.25) is 0 Å². The Hall–Kier alpha value is -1.61. The van der Waals surface area contributed by atoms with E-state index in [0.29, 0.717) is 18.4 Å². The van der Waals surface area contributed by atoms with E-state index in [0.717, 1.165) is 6.42 Å². The Morgan fingerprint density at radius 2 is 1.95 bits per heavy atom. The topological polar surface area (TPSA) is 46.5 Å². The quantitative estimate of drug-likeness (QED) is 0.672. The summed E-state index contributed by atoms with van der Waals surface area (Å²) in [5.41, 5.74) is 0.336. The molecule has 0 unspecified atom stereocenters. The molecule has 2 atom stereocenters. The molecular weight excluding hydrogens is 276 g/mol. The van der Waals surface area contributed by atoms with Gasteiger partial charge >= 0.3 is 5.97 Å². The number of hydrogen-bond donors (Lipinski definition) is 1. The van der Waals surface area contributed by atoms with E-state index in [1.807, 2.05) is 39.0 Å². The SMILES string of the molecule is CC[C@H](OC(=O)c1ccccc1)[C@]1(O)CCC(C)=CC1(C)C. The molecule has 0 fully saturated rings. The minimum Gasteiger partial charge on any atom is -0.456 e. The molecule has 120 valence electrons. The van der Waals surface area contributed by atoms with Crippen molar-refractivity contribution in [2.45, 2.75) is 58.7 Å². The van der Waals surface area contributed by atoms with E-state index in [4.69, 9.17) is 4.74 Å². The summed E-state index contributed by atoms with van der Waals surface area (Å²) in [4.78, 5) is 12.3. The van der Waals surface area contributed by atoms with Crippen molar-refractivity contribution >= 4 is 5.97 Å². The van der Waals surface area contributed by atoms with Gasteiger partial charge in [-0.25, -0.2) is 4.79 Å². The summed E-state index contributed by atoms with van der Waals surface area (Å²) in [7, 11) is 0. The molecule has 0 amide bonds. The zero-order valence-electron chi connectivity index (χ0n) is 13.9. The number of allylic oxidation sites excluding steroid dienone is 1. The molecule has 0 bridgehead atoms. The molecule has 3 heteroatoms. The van der Waals surface area contributed by atoms with Crippen molar-refractivity contribution in [3.63, 3.8) is 0 Å². The highest BCUT2D eigenvalue weighted by Crippen LogP contribution is 2.45. The largest absolute Gasteiger partial charge is 0.456 e. The van der Waals surface area contributed by atoms with E-state index in [1.54, 1.807) is 12.1 Å². The highest BCUT2D eigenvalue weighted by atomic mass is 16.6. The van der Waals surface area contributed by atoms with E-state index in [2.05, 4.69) is 13.0 Å². The highest BCUT2D eigenvalue weighted by Gasteiger charge is 2.50. The van der Waals surface area contributed by atoms with Gasteiger partial charge in [0.05, 0.1) is 5.56 Å². The number of benzene rings is 1. The maximum Gasteiger partial charge on any atom is 0.338 e. The van der Waals surface area contributed by atoms with E-state index in [9.17, 15) is 9.90 Å². The Kier molecular flexibility index (Phi) is 4.76. The molecular formula is C19H26O3. The first-order valence-electron chi connectivity index (χ1n) is 7.97. The molecule has 0 saturated heterocycles. The van der Waals surface area contributed by atoms with Gasteiger partial charge < -0.3 is 9.84 Å². The zero-order chi connectivity index (χ0) is 16.4. The van der Waals surface area contributed by atoms with Crippen molar-refractivity contribution in [3.05, 3.63) is 47.5 Å². The Labute approximate surface area is 133 Å². The molecule has 1 aliphatic carbocycles. The molecule has 22 heavy (non-hydrogen) atoms. The van der Waals surface area contributed by atoms with Crippen LogP contribution in [0.1, 0.15) is 57.3 Å². The summed E-state index contributed by atoms with van der Waals surface area (Å²) < 4.78 is 5.68. The first-order valence-corrected chi connectivity index (χ1v) is 7.97. The van der Waals surface area contributed by atoms with Crippen LogP contribution in [0.15, 0.2) is 42.0 Å². The molecule has 0 aromatic heterocycles. The van der Waals surface area contributed by atoms with Crippen LogP contribution in [0, 0.1) is 5.41 Å². The Balaban J connectivity index is 2.23. The van der Waals surface area contributed by atoms with Crippen molar-refractivity contribution in [2.75, 3.05) is 0 Å². The molecule has 1 aromatic carbocycles. The minimum absolute atomic E-state index is 0.372. The van der Waals surface area contributed by atoms with Gasteiger partial charge in [0.1, 0.15) is 11.7 Å². The van der Waals surface area contributed by atoms with E-state index < -0.39 is 17.1 Å². The lowest BCUT2D eigenvalue weighted by Crippen LogP contribution is -2.55. The zero-order valence-corrected chi connectivity index (χ0v) is 13.9. The van der Waals surface area contributed by atoms with Crippen LogP contribution in [0.2, 0.25) is 0 Å². The van der Waals surface area contributed by atoms with E-state index in [1.165, 1.54) is 5.57 Å². The summed E-state index contributed by atoms with van der Waals surface area (Å²) in [5, 5.41) is 11.3. The summed E-state index contributed by atoms with van der Waals surface area (Å²) >= 11 is 0. The molecule has 0 aliphatic heterocycles. The second kappa shape index (κ2) is 6.25. The number of rotatable bonds is 4. The standard InChI is InChI=1S/C19H26O3/c1-5-16(22-17(20)15-9-7-6-8-10-15)19(21)12-11-14(2)13-18(19,3)4/h6-10,13,16,21H,5,11-12H2,1-4H3/t16-,19+/m0/s1. The average molecular weight is 302 g/mol. The maximum absolute atomic E-state index is 12.3. The van der Waals surface area contributed by atoms with Crippen molar-refractivity contribution < 1.29 is 14.6 Å². The van der Waals surface area contributed by atoms with Crippen molar-refractivity contribution in [3.8, 4) is 0 Å². The Bertz CT molecular complexity index is 559. The Morgan fingerprint density at radius 3 is 2.50 bits per heavy atom. The monoisotopic (exact) mass is 302 g/mol. The van der Waals surface area contributed by atoms with Gasteiger partial charge in [0, 0.05) is 5.41 Å². The predicted molar refractivity (Wildman–Crippen MR) is 87.7 cm³/mol. The van der Waals surface area contributed by atoms with Gasteiger partial charge in [-0.15, -0.1) is 0 Å². The van der Waals surface area contributed by atoms with E-state index >= 15 is 0 Å². The first-order chi connectivity index (χ1) is 10.3. The summed E-state index contributed by atoms with van der Waals surface area (Å²) in [6.07, 6.45) is 3.63. The Morgan fingerprint density at radius 1 is 1.32 bits per heavy atom. The van der Waals surface area contributed by atoms with Crippen LogP contribution >= 0.6 is 0 Å². The smallest absolute Gasteiger partial charge is 0.338 e. The number of ether oxygens (including phenoxy) is 1. The minimum atomic E-state index is -1.04. The fourth-order valence-electron chi connectivity index (χ4n) is 3.39. The number of carbonyl (C=O) groups is 1. The molecule has 0 saturated carbocycles. The lowest BCUT2D eigenvalue weighted by atomic mass is 9.64. The van der Waals surface area contributed by atoms with Crippen LogP contribution < -0.4 is 0 Å². The van der Waals surface area contributed by atoms with Gasteiger partial charge in [-0.2, -0.15) is 0 Å². The number of carbonyl (C=O) groups excluding carboxylic acids is 1. The highest BCUT2D eigenvalue weighted by molar-refractivity contribution is 5.89. The first kappa shape index (κ1) is 16.8. The summed E-state index contributed by atoms with van der Waals surface area (Å²) in [6.45, 7) is 8.05. The van der Waals surface area contributed by atoms with E-state index in [-0.39, 0.29) is 5.97 Å². The second-order valence-electron chi connectivity index (χ2n) is 6.80. The molecule has 3 nitrogen and oxygen atoms in total. The molecule has 1 aromatic rings. The van der Waals surface area contributed by atoms with Crippen molar-refractivity contribution in [1.29, 1.82) is 0 Å². The van der Waals surface area contributed by atoms with Gasteiger partial charge in [0.2, 0.25) is 0 Å². The normalized spacial score (nSPS) is 25.2. The summed E-state index contributed by atoms with van der Waals surface area (Å²) in [6, 6.07) is 8.94. The van der Waals surface area contributed by atoms with Gasteiger partial charge in [-0.05, 0) is 38.3 Å². The molecule has 0 spiro atoms. The number of esters is 1. The maximum atomic E-state index is 12.3. The average Bonchev–Trinajstić information content (AvgIpc) is 2.49. The third kappa shape index (κ3) is 3.09. The van der Waals surface area contributed by atoms with Crippen LogP contribution in [0.25, 0.3) is 0 Å². The number of hydrogen-bond acceptors (Lipinski definition) is 3. The van der Waals surface area contributed by atoms with Crippen LogP contribution in [0.5, 0.6) is 0 Å². The lowest BCUT2D eigenvalue weighted by molar-refractivity contribution is -0.144. The van der Waals surface area contributed by atoms with Gasteiger partial charge in [0.15, 0.2) is 0 Å². The molecule has 2 rings (SSSR count). The van der Waals surface area contributed by atoms with Crippen molar-refractivity contribution in [1.82, 2.24) is 0 Å². The van der Waals surface area contributed by atoms with Crippen molar-refractivity contribution in [2.24, 2.45) is 5.41 Å². The van der Waals surface area contributed by atoms with Gasteiger partial charge in [-0.1, -0.05) is 50.6 Å². The van der Waals surface area contributed by atoms with Crippen LogP contribution in [0.3, 0.4) is 0 Å². The molecule has 1 N–H and O–H groups in total. The van der Waals surface area contributed by atoms with Crippen LogP contribution in [-0.4, -0.2) is 22.8 Å². The third-order valence-corrected chi connectivity index (χ3v) is 4.79.